The Bertz CT molecular complexity index is 659. The van der Waals surface area contributed by atoms with Crippen molar-refractivity contribution in [3.63, 3.8) is 0 Å². The first-order valence-corrected chi connectivity index (χ1v) is 7.75. The molecule has 2 atom stereocenters. The number of aromatic nitrogens is 3. The van der Waals surface area contributed by atoms with Gasteiger partial charge in [0.05, 0.1) is 6.10 Å². The van der Waals surface area contributed by atoms with E-state index in [4.69, 9.17) is 4.98 Å². The summed E-state index contributed by atoms with van der Waals surface area (Å²) in [6.45, 7) is 7.71. The summed E-state index contributed by atoms with van der Waals surface area (Å²) in [5.74, 6) is 2.00. The van der Waals surface area contributed by atoms with Crippen molar-refractivity contribution in [3.05, 3.63) is 35.8 Å². The molecule has 2 unspecified atom stereocenters. The molecule has 2 aromatic rings. The summed E-state index contributed by atoms with van der Waals surface area (Å²) < 4.78 is 0. The summed E-state index contributed by atoms with van der Waals surface area (Å²) >= 11 is 0. The van der Waals surface area contributed by atoms with E-state index in [0.29, 0.717) is 18.3 Å². The van der Waals surface area contributed by atoms with Gasteiger partial charge in [-0.05, 0) is 38.3 Å². The number of anilines is 1. The van der Waals surface area contributed by atoms with Gasteiger partial charge >= 0.3 is 0 Å². The van der Waals surface area contributed by atoms with Gasteiger partial charge in [-0.1, -0.05) is 6.92 Å². The highest BCUT2D eigenvalue weighted by atomic mass is 16.3. The monoisotopic (exact) mass is 298 g/mol. The molecule has 1 N–H and O–H groups in total. The summed E-state index contributed by atoms with van der Waals surface area (Å²) in [4.78, 5) is 15.6. The van der Waals surface area contributed by atoms with Gasteiger partial charge < -0.3 is 10.0 Å². The Morgan fingerprint density at radius 2 is 1.91 bits per heavy atom. The van der Waals surface area contributed by atoms with Gasteiger partial charge in [-0.3, -0.25) is 4.98 Å². The van der Waals surface area contributed by atoms with Crippen LogP contribution in [0.1, 0.15) is 24.6 Å². The van der Waals surface area contributed by atoms with Crippen LogP contribution in [-0.2, 0) is 0 Å². The van der Waals surface area contributed by atoms with Gasteiger partial charge in [0.25, 0.3) is 0 Å². The van der Waals surface area contributed by atoms with Crippen molar-refractivity contribution in [2.75, 3.05) is 18.0 Å². The summed E-state index contributed by atoms with van der Waals surface area (Å²) in [5.41, 5.74) is 3.02. The quantitative estimate of drug-likeness (QED) is 0.922. The molecule has 116 valence electrons. The maximum Gasteiger partial charge on any atom is 0.161 e. The molecule has 0 spiro atoms. The topological polar surface area (TPSA) is 62.1 Å². The minimum Gasteiger partial charge on any atom is -0.391 e. The van der Waals surface area contributed by atoms with E-state index in [1.165, 1.54) is 0 Å². The van der Waals surface area contributed by atoms with E-state index in [2.05, 4.69) is 21.8 Å². The fourth-order valence-corrected chi connectivity index (χ4v) is 2.79. The highest BCUT2D eigenvalue weighted by Crippen LogP contribution is 2.28. The lowest BCUT2D eigenvalue weighted by molar-refractivity contribution is 0.102. The fourth-order valence-electron chi connectivity index (χ4n) is 2.79. The lowest BCUT2D eigenvalue weighted by Gasteiger charge is -2.36. The van der Waals surface area contributed by atoms with Crippen LogP contribution in [0.5, 0.6) is 0 Å². The number of aliphatic hydroxyl groups excluding tert-OH is 1. The molecule has 3 rings (SSSR count). The smallest absolute Gasteiger partial charge is 0.161 e. The van der Waals surface area contributed by atoms with Crippen molar-refractivity contribution in [1.82, 2.24) is 15.0 Å². The second-order valence-electron chi connectivity index (χ2n) is 6.10. The van der Waals surface area contributed by atoms with Crippen LogP contribution in [0.2, 0.25) is 0 Å². The average molecular weight is 298 g/mol. The Balaban J connectivity index is 1.99. The maximum absolute atomic E-state index is 10.2. The minimum atomic E-state index is -0.298. The molecule has 0 radical (unpaired) electrons. The SMILES string of the molecule is Cc1nc(-c2ccncc2)nc(N2CCC(C)C(O)C2)c1C. The Morgan fingerprint density at radius 3 is 2.59 bits per heavy atom. The van der Waals surface area contributed by atoms with Crippen molar-refractivity contribution in [2.24, 2.45) is 5.92 Å². The van der Waals surface area contributed by atoms with E-state index < -0.39 is 0 Å². The molecular formula is C17H22N4O. The second kappa shape index (κ2) is 6.01. The maximum atomic E-state index is 10.2. The van der Waals surface area contributed by atoms with Gasteiger partial charge in [-0.15, -0.1) is 0 Å². The summed E-state index contributed by atoms with van der Waals surface area (Å²) in [5, 5.41) is 10.2. The highest BCUT2D eigenvalue weighted by molar-refractivity contribution is 5.60. The van der Waals surface area contributed by atoms with Crippen LogP contribution in [0.4, 0.5) is 5.82 Å². The molecule has 5 heteroatoms. The Morgan fingerprint density at radius 1 is 1.18 bits per heavy atom. The second-order valence-corrected chi connectivity index (χ2v) is 6.10. The van der Waals surface area contributed by atoms with Crippen LogP contribution in [-0.4, -0.2) is 39.3 Å². The highest BCUT2D eigenvalue weighted by Gasteiger charge is 2.26. The zero-order valence-corrected chi connectivity index (χ0v) is 13.3. The Kier molecular flexibility index (Phi) is 4.07. The first-order chi connectivity index (χ1) is 10.6. The van der Waals surface area contributed by atoms with E-state index in [0.717, 1.165) is 35.6 Å². The van der Waals surface area contributed by atoms with E-state index in [9.17, 15) is 5.11 Å². The predicted molar refractivity (Wildman–Crippen MR) is 86.7 cm³/mol. The molecule has 3 heterocycles. The largest absolute Gasteiger partial charge is 0.391 e. The van der Waals surface area contributed by atoms with E-state index >= 15 is 0 Å². The van der Waals surface area contributed by atoms with Crippen molar-refractivity contribution in [2.45, 2.75) is 33.3 Å². The summed E-state index contributed by atoms with van der Waals surface area (Å²) in [6.07, 6.45) is 4.18. The van der Waals surface area contributed by atoms with Crippen LogP contribution in [0.25, 0.3) is 11.4 Å². The van der Waals surface area contributed by atoms with E-state index in [-0.39, 0.29) is 6.10 Å². The third-order valence-corrected chi connectivity index (χ3v) is 4.52. The number of aryl methyl sites for hydroxylation is 1. The molecule has 22 heavy (non-hydrogen) atoms. The number of hydrogen-bond donors (Lipinski definition) is 1. The van der Waals surface area contributed by atoms with Crippen molar-refractivity contribution >= 4 is 5.82 Å². The van der Waals surface area contributed by atoms with Crippen molar-refractivity contribution < 1.29 is 5.11 Å². The van der Waals surface area contributed by atoms with Gasteiger partial charge in [0.2, 0.25) is 0 Å². The first-order valence-electron chi connectivity index (χ1n) is 7.75. The summed E-state index contributed by atoms with van der Waals surface area (Å²) in [7, 11) is 0. The van der Waals surface area contributed by atoms with Crippen LogP contribution in [0.15, 0.2) is 24.5 Å². The minimum absolute atomic E-state index is 0.298. The van der Waals surface area contributed by atoms with Crippen LogP contribution in [0, 0.1) is 19.8 Å². The van der Waals surface area contributed by atoms with E-state index in [1.807, 2.05) is 26.0 Å². The molecule has 1 aliphatic heterocycles. The molecule has 1 aliphatic rings. The van der Waals surface area contributed by atoms with Gasteiger partial charge in [0.1, 0.15) is 5.82 Å². The number of nitrogens with zero attached hydrogens (tertiary/aromatic N) is 4. The average Bonchev–Trinajstić information content (AvgIpc) is 2.53. The zero-order valence-electron chi connectivity index (χ0n) is 13.3. The number of rotatable bonds is 2. The molecule has 0 aromatic carbocycles. The number of piperidine rings is 1. The van der Waals surface area contributed by atoms with Crippen LogP contribution >= 0.6 is 0 Å². The zero-order chi connectivity index (χ0) is 15.7. The normalized spacial score (nSPS) is 21.9. The van der Waals surface area contributed by atoms with Gasteiger partial charge in [-0.25, -0.2) is 9.97 Å². The molecule has 0 amide bonds. The van der Waals surface area contributed by atoms with Crippen molar-refractivity contribution in [3.8, 4) is 11.4 Å². The third-order valence-electron chi connectivity index (χ3n) is 4.52. The molecule has 0 aliphatic carbocycles. The lowest BCUT2D eigenvalue weighted by Crippen LogP contribution is -2.43. The number of aliphatic hydroxyl groups is 1. The van der Waals surface area contributed by atoms with Crippen LogP contribution in [0.3, 0.4) is 0 Å². The molecule has 5 nitrogen and oxygen atoms in total. The number of pyridine rings is 1. The Labute approximate surface area is 131 Å². The summed E-state index contributed by atoms with van der Waals surface area (Å²) in [6, 6.07) is 3.84. The molecular weight excluding hydrogens is 276 g/mol. The third kappa shape index (κ3) is 2.81. The van der Waals surface area contributed by atoms with Gasteiger partial charge in [-0.2, -0.15) is 0 Å². The molecule has 0 bridgehead atoms. The predicted octanol–water partition coefficient (Wildman–Crippen LogP) is 2.36. The van der Waals surface area contributed by atoms with Crippen LogP contribution < -0.4 is 4.90 Å². The number of β-amino-alcohol motifs (C(OH)–C–C–N with tert-alkyl or cyclic N) is 1. The van der Waals surface area contributed by atoms with Gasteiger partial charge in [0, 0.05) is 42.3 Å². The van der Waals surface area contributed by atoms with Crippen molar-refractivity contribution in [1.29, 1.82) is 0 Å². The number of hydrogen-bond acceptors (Lipinski definition) is 5. The first kappa shape index (κ1) is 14.9. The van der Waals surface area contributed by atoms with E-state index in [1.54, 1.807) is 12.4 Å². The molecule has 1 fully saturated rings. The Hall–Kier alpha value is -2.01. The lowest BCUT2D eigenvalue weighted by atomic mass is 9.96. The molecule has 2 aromatic heterocycles. The fraction of sp³-hybridized carbons (Fsp3) is 0.471. The molecule has 0 saturated carbocycles. The molecule has 1 saturated heterocycles. The van der Waals surface area contributed by atoms with Gasteiger partial charge in [0.15, 0.2) is 5.82 Å². The standard InChI is InChI=1S/C17H22N4O/c1-11-6-9-21(10-15(11)22)17-12(2)13(3)19-16(20-17)14-4-7-18-8-5-14/h4-5,7-8,11,15,22H,6,9-10H2,1-3H3.